The molecule has 0 spiro atoms. The Labute approximate surface area is 128 Å². The summed E-state index contributed by atoms with van der Waals surface area (Å²) in [4.78, 5) is 15.1. The topological polar surface area (TPSA) is 32.3 Å². The first kappa shape index (κ1) is 15.9. The number of nitrogens with zero attached hydrogens (tertiary/aromatic N) is 1. The summed E-state index contributed by atoms with van der Waals surface area (Å²) in [5, 5.41) is 3.32. The molecule has 0 bridgehead atoms. The zero-order valence-electron chi connectivity index (χ0n) is 13.6. The molecule has 3 heteroatoms. The third kappa shape index (κ3) is 3.78. The third-order valence-corrected chi connectivity index (χ3v) is 4.28. The Kier molecular flexibility index (Phi) is 5.66. The van der Waals surface area contributed by atoms with E-state index in [1.165, 1.54) is 6.42 Å². The van der Waals surface area contributed by atoms with Gasteiger partial charge in [-0.25, -0.2) is 0 Å². The number of carbonyl (C=O) groups excluding carboxylic acids is 1. The Bertz CT molecular complexity index is 482. The van der Waals surface area contributed by atoms with Gasteiger partial charge in [0.15, 0.2) is 0 Å². The van der Waals surface area contributed by atoms with Crippen LogP contribution in [0.15, 0.2) is 18.2 Å². The number of rotatable bonds is 5. The number of hydrogen-bond acceptors (Lipinski definition) is 2. The molecule has 1 saturated heterocycles. The van der Waals surface area contributed by atoms with Crippen molar-refractivity contribution >= 4 is 11.6 Å². The van der Waals surface area contributed by atoms with Gasteiger partial charge in [0.05, 0.1) is 5.56 Å². The fourth-order valence-corrected chi connectivity index (χ4v) is 3.24. The predicted molar refractivity (Wildman–Crippen MR) is 88.9 cm³/mol. The number of carbonyl (C=O) groups is 1. The average molecular weight is 288 g/mol. The highest BCUT2D eigenvalue weighted by atomic mass is 16.2. The number of amides is 1. The highest BCUT2D eigenvalue weighted by Gasteiger charge is 2.28. The molecule has 1 unspecified atom stereocenters. The lowest BCUT2D eigenvalue weighted by atomic mass is 9.96. The first-order chi connectivity index (χ1) is 10.2. The minimum atomic E-state index is 0.202. The molecule has 1 heterocycles. The van der Waals surface area contributed by atoms with E-state index in [2.05, 4.69) is 30.1 Å². The maximum atomic E-state index is 13.0. The van der Waals surface area contributed by atoms with Crippen molar-refractivity contribution in [3.63, 3.8) is 0 Å². The number of nitrogens with one attached hydrogen (secondary N) is 1. The molecule has 116 valence electrons. The molecule has 0 aromatic heterocycles. The first-order valence-electron chi connectivity index (χ1n) is 8.32. The van der Waals surface area contributed by atoms with Gasteiger partial charge in [-0.3, -0.25) is 4.79 Å². The smallest absolute Gasteiger partial charge is 0.256 e. The molecule has 1 amide bonds. The van der Waals surface area contributed by atoms with Gasteiger partial charge in [-0.1, -0.05) is 25.0 Å². The van der Waals surface area contributed by atoms with Crippen LogP contribution in [0, 0.1) is 6.92 Å². The van der Waals surface area contributed by atoms with Gasteiger partial charge in [0.1, 0.15) is 0 Å². The molecule has 0 saturated carbocycles. The lowest BCUT2D eigenvalue weighted by Gasteiger charge is -2.36. The van der Waals surface area contributed by atoms with Gasteiger partial charge in [0.25, 0.3) is 5.91 Å². The highest BCUT2D eigenvalue weighted by Crippen LogP contribution is 2.26. The van der Waals surface area contributed by atoms with Crippen molar-refractivity contribution in [2.75, 3.05) is 18.4 Å². The van der Waals surface area contributed by atoms with Crippen molar-refractivity contribution in [3.8, 4) is 0 Å². The van der Waals surface area contributed by atoms with Gasteiger partial charge in [-0.2, -0.15) is 0 Å². The van der Waals surface area contributed by atoms with Crippen LogP contribution in [-0.4, -0.2) is 29.9 Å². The van der Waals surface area contributed by atoms with E-state index >= 15 is 0 Å². The van der Waals surface area contributed by atoms with E-state index in [4.69, 9.17) is 0 Å². The van der Waals surface area contributed by atoms with Crippen LogP contribution in [0.4, 0.5) is 5.69 Å². The third-order valence-electron chi connectivity index (χ3n) is 4.28. The summed E-state index contributed by atoms with van der Waals surface area (Å²) >= 11 is 0. The Morgan fingerprint density at radius 1 is 1.33 bits per heavy atom. The van der Waals surface area contributed by atoms with Crippen molar-refractivity contribution in [3.05, 3.63) is 29.3 Å². The largest absolute Gasteiger partial charge is 0.385 e. The molecule has 0 radical (unpaired) electrons. The standard InChI is InChI=1S/C18H28N2O/c1-4-8-15-9-6-7-12-20(15)18(21)16-13-14(3)10-11-17(16)19-5-2/h10-11,13,15,19H,4-9,12H2,1-3H3. The second-order valence-corrected chi connectivity index (χ2v) is 6.02. The second kappa shape index (κ2) is 7.48. The van der Waals surface area contributed by atoms with Crippen molar-refractivity contribution in [2.24, 2.45) is 0 Å². The van der Waals surface area contributed by atoms with E-state index in [0.717, 1.165) is 55.6 Å². The quantitative estimate of drug-likeness (QED) is 0.879. The lowest BCUT2D eigenvalue weighted by molar-refractivity contribution is 0.0601. The van der Waals surface area contributed by atoms with Crippen molar-refractivity contribution < 1.29 is 4.79 Å². The zero-order chi connectivity index (χ0) is 15.2. The van der Waals surface area contributed by atoms with Crippen molar-refractivity contribution in [2.45, 2.75) is 58.9 Å². The zero-order valence-corrected chi connectivity index (χ0v) is 13.6. The first-order valence-corrected chi connectivity index (χ1v) is 8.32. The summed E-state index contributed by atoms with van der Waals surface area (Å²) in [5.74, 6) is 0.202. The lowest BCUT2D eigenvalue weighted by Crippen LogP contribution is -2.43. The summed E-state index contributed by atoms with van der Waals surface area (Å²) < 4.78 is 0. The van der Waals surface area contributed by atoms with Gasteiger partial charge in [-0.05, 0) is 51.7 Å². The van der Waals surface area contributed by atoms with Gasteiger partial charge >= 0.3 is 0 Å². The summed E-state index contributed by atoms with van der Waals surface area (Å²) in [7, 11) is 0. The van der Waals surface area contributed by atoms with E-state index in [1.54, 1.807) is 0 Å². The minimum absolute atomic E-state index is 0.202. The van der Waals surface area contributed by atoms with Gasteiger partial charge in [-0.15, -0.1) is 0 Å². The van der Waals surface area contributed by atoms with Crippen molar-refractivity contribution in [1.29, 1.82) is 0 Å². The fraction of sp³-hybridized carbons (Fsp3) is 0.611. The summed E-state index contributed by atoms with van der Waals surface area (Å²) in [6.07, 6.45) is 5.80. The van der Waals surface area contributed by atoms with Gasteiger partial charge < -0.3 is 10.2 Å². The molecular formula is C18H28N2O. The molecule has 1 fully saturated rings. The predicted octanol–water partition coefficient (Wildman–Crippen LogP) is 4.22. The van der Waals surface area contributed by atoms with Gasteiger partial charge in [0, 0.05) is 24.8 Å². The summed E-state index contributed by atoms with van der Waals surface area (Å²) in [6.45, 7) is 8.06. The maximum absolute atomic E-state index is 13.0. The van der Waals surface area contributed by atoms with E-state index in [1.807, 2.05) is 19.1 Å². The van der Waals surface area contributed by atoms with Crippen LogP contribution in [0.1, 0.15) is 61.9 Å². The molecule has 1 aliphatic heterocycles. The molecule has 1 aliphatic rings. The molecule has 2 rings (SSSR count). The number of anilines is 1. The molecule has 1 N–H and O–H groups in total. The summed E-state index contributed by atoms with van der Waals surface area (Å²) in [6, 6.07) is 6.54. The molecule has 1 atom stereocenters. The van der Waals surface area contributed by atoms with Crippen LogP contribution in [-0.2, 0) is 0 Å². The van der Waals surface area contributed by atoms with Crippen LogP contribution < -0.4 is 5.32 Å². The van der Waals surface area contributed by atoms with Crippen LogP contribution in [0.25, 0.3) is 0 Å². The van der Waals surface area contributed by atoms with Gasteiger partial charge in [0.2, 0.25) is 0 Å². The Morgan fingerprint density at radius 2 is 2.14 bits per heavy atom. The Hall–Kier alpha value is -1.51. The monoisotopic (exact) mass is 288 g/mol. The molecule has 3 nitrogen and oxygen atoms in total. The van der Waals surface area contributed by atoms with Crippen molar-refractivity contribution in [1.82, 2.24) is 4.90 Å². The molecule has 0 aliphatic carbocycles. The summed E-state index contributed by atoms with van der Waals surface area (Å²) in [5.41, 5.74) is 2.94. The van der Waals surface area contributed by atoms with Crippen LogP contribution in [0.5, 0.6) is 0 Å². The van der Waals surface area contributed by atoms with Crippen LogP contribution >= 0.6 is 0 Å². The van der Waals surface area contributed by atoms with E-state index in [0.29, 0.717) is 6.04 Å². The molecular weight excluding hydrogens is 260 g/mol. The molecule has 1 aromatic rings. The fourth-order valence-electron chi connectivity index (χ4n) is 3.24. The number of hydrogen-bond donors (Lipinski definition) is 1. The van der Waals surface area contributed by atoms with E-state index in [9.17, 15) is 4.79 Å². The maximum Gasteiger partial charge on any atom is 0.256 e. The second-order valence-electron chi connectivity index (χ2n) is 6.02. The van der Waals surface area contributed by atoms with Crippen LogP contribution in [0.3, 0.4) is 0 Å². The number of aryl methyl sites for hydroxylation is 1. The highest BCUT2D eigenvalue weighted by molar-refractivity contribution is 6.00. The van der Waals surface area contributed by atoms with E-state index < -0.39 is 0 Å². The normalized spacial score (nSPS) is 18.6. The van der Waals surface area contributed by atoms with Crippen LogP contribution in [0.2, 0.25) is 0 Å². The number of piperidine rings is 1. The Morgan fingerprint density at radius 3 is 2.86 bits per heavy atom. The average Bonchev–Trinajstić information content (AvgIpc) is 2.49. The van der Waals surface area contributed by atoms with E-state index in [-0.39, 0.29) is 5.91 Å². The molecule has 21 heavy (non-hydrogen) atoms. The number of benzene rings is 1. The SMILES string of the molecule is CCCC1CCCCN1C(=O)c1cc(C)ccc1NCC. The molecule has 1 aromatic carbocycles. The number of likely N-dealkylation sites (tertiary alicyclic amines) is 1. The Balaban J connectivity index is 2.26. The minimum Gasteiger partial charge on any atom is -0.385 e.